The molecule has 2 aromatic heterocycles. The standard InChI is InChI=1S/C24H26N4O4S/c1-5-21(23(29)32-6-2)33-24-27-26-22(17-14-25-18-10-8-7-9-16(17)18)28(24)19-13-15(30-3)11-12-20(19)31-4/h7-14,21,25H,5-6H2,1-4H3/t21-/m1/s1. The van der Waals surface area contributed by atoms with Crippen molar-refractivity contribution in [1.82, 2.24) is 19.7 Å². The molecule has 9 heteroatoms. The van der Waals surface area contributed by atoms with E-state index >= 15 is 0 Å². The van der Waals surface area contributed by atoms with Crippen LogP contribution in [0.2, 0.25) is 0 Å². The van der Waals surface area contributed by atoms with Gasteiger partial charge in [0.2, 0.25) is 0 Å². The summed E-state index contributed by atoms with van der Waals surface area (Å²) < 4.78 is 18.3. The topological polar surface area (TPSA) is 91.3 Å². The van der Waals surface area contributed by atoms with Gasteiger partial charge in [-0.3, -0.25) is 9.36 Å². The second-order valence-corrected chi connectivity index (χ2v) is 8.36. The van der Waals surface area contributed by atoms with Gasteiger partial charge in [-0.1, -0.05) is 36.9 Å². The van der Waals surface area contributed by atoms with Crippen LogP contribution in [0.5, 0.6) is 11.5 Å². The van der Waals surface area contributed by atoms with Gasteiger partial charge in [0.05, 0.1) is 26.5 Å². The van der Waals surface area contributed by atoms with Crippen LogP contribution in [0, 0.1) is 0 Å². The molecule has 0 amide bonds. The van der Waals surface area contributed by atoms with Crippen molar-refractivity contribution in [2.45, 2.75) is 30.7 Å². The Kier molecular flexibility index (Phi) is 6.88. The Morgan fingerprint density at radius 2 is 1.94 bits per heavy atom. The summed E-state index contributed by atoms with van der Waals surface area (Å²) in [6.45, 7) is 4.07. The number of methoxy groups -OCH3 is 2. The maximum Gasteiger partial charge on any atom is 0.319 e. The minimum absolute atomic E-state index is 0.272. The number of hydrogen-bond donors (Lipinski definition) is 1. The lowest BCUT2D eigenvalue weighted by Gasteiger charge is -2.17. The molecule has 0 bridgehead atoms. The maximum atomic E-state index is 12.5. The molecule has 2 heterocycles. The molecule has 2 aromatic carbocycles. The minimum Gasteiger partial charge on any atom is -0.497 e. The molecule has 33 heavy (non-hydrogen) atoms. The Labute approximate surface area is 196 Å². The van der Waals surface area contributed by atoms with Gasteiger partial charge in [0.1, 0.15) is 16.7 Å². The Hall–Kier alpha value is -3.46. The highest BCUT2D eigenvalue weighted by molar-refractivity contribution is 8.00. The molecule has 0 saturated heterocycles. The van der Waals surface area contributed by atoms with Crippen molar-refractivity contribution in [3.05, 3.63) is 48.7 Å². The van der Waals surface area contributed by atoms with E-state index in [2.05, 4.69) is 15.2 Å². The lowest BCUT2D eigenvalue weighted by Crippen LogP contribution is -2.20. The molecule has 4 aromatic rings. The summed E-state index contributed by atoms with van der Waals surface area (Å²) in [7, 11) is 3.23. The number of nitrogens with one attached hydrogen (secondary N) is 1. The first-order valence-electron chi connectivity index (χ1n) is 10.7. The van der Waals surface area contributed by atoms with E-state index in [1.54, 1.807) is 21.1 Å². The van der Waals surface area contributed by atoms with E-state index in [9.17, 15) is 4.79 Å². The summed E-state index contributed by atoms with van der Waals surface area (Å²) in [5, 5.41) is 10.2. The van der Waals surface area contributed by atoms with Gasteiger partial charge >= 0.3 is 5.97 Å². The number of nitrogens with zero attached hydrogens (tertiary/aromatic N) is 3. The zero-order valence-corrected chi connectivity index (χ0v) is 19.8. The fourth-order valence-electron chi connectivity index (χ4n) is 3.63. The third-order valence-corrected chi connectivity index (χ3v) is 6.54. The quantitative estimate of drug-likeness (QED) is 0.278. The van der Waals surface area contributed by atoms with Gasteiger partial charge in [-0.05, 0) is 31.5 Å². The van der Waals surface area contributed by atoms with Crippen molar-refractivity contribution in [3.8, 4) is 28.6 Å². The predicted molar refractivity (Wildman–Crippen MR) is 128 cm³/mol. The van der Waals surface area contributed by atoms with Crippen LogP contribution in [0.1, 0.15) is 20.3 Å². The van der Waals surface area contributed by atoms with Gasteiger partial charge in [0, 0.05) is 28.7 Å². The largest absolute Gasteiger partial charge is 0.497 e. The minimum atomic E-state index is -0.416. The molecule has 8 nitrogen and oxygen atoms in total. The van der Waals surface area contributed by atoms with Crippen molar-refractivity contribution < 1.29 is 19.0 Å². The SMILES string of the molecule is CCOC(=O)[C@@H](CC)Sc1nnc(-c2c[nH]c3ccccc23)n1-c1cc(OC)ccc1OC. The van der Waals surface area contributed by atoms with E-state index < -0.39 is 5.25 Å². The first-order valence-corrected chi connectivity index (χ1v) is 11.6. The van der Waals surface area contributed by atoms with E-state index in [1.165, 1.54) is 11.8 Å². The summed E-state index contributed by atoms with van der Waals surface area (Å²) in [5.41, 5.74) is 2.59. The summed E-state index contributed by atoms with van der Waals surface area (Å²) in [6, 6.07) is 13.5. The van der Waals surface area contributed by atoms with E-state index in [4.69, 9.17) is 14.2 Å². The number of aromatic nitrogens is 4. The Morgan fingerprint density at radius 1 is 1.12 bits per heavy atom. The van der Waals surface area contributed by atoms with Gasteiger partial charge in [0.15, 0.2) is 11.0 Å². The van der Waals surface area contributed by atoms with E-state index in [-0.39, 0.29) is 5.97 Å². The summed E-state index contributed by atoms with van der Waals surface area (Å²) in [4.78, 5) is 15.8. The number of para-hydroxylation sites is 1. The number of ether oxygens (including phenoxy) is 3. The number of thioether (sulfide) groups is 1. The normalized spacial score (nSPS) is 12.0. The molecule has 0 aliphatic heterocycles. The lowest BCUT2D eigenvalue weighted by molar-refractivity contribution is -0.142. The van der Waals surface area contributed by atoms with Crippen LogP contribution >= 0.6 is 11.8 Å². The number of carbonyl (C=O) groups is 1. The molecule has 0 saturated carbocycles. The maximum absolute atomic E-state index is 12.5. The number of hydrogen-bond acceptors (Lipinski definition) is 7. The number of fused-ring (bicyclic) bond motifs is 1. The van der Waals surface area contributed by atoms with Crippen molar-refractivity contribution in [3.63, 3.8) is 0 Å². The zero-order chi connectivity index (χ0) is 23.4. The molecular formula is C24H26N4O4S. The zero-order valence-electron chi connectivity index (χ0n) is 19.0. The highest BCUT2D eigenvalue weighted by atomic mass is 32.2. The monoisotopic (exact) mass is 466 g/mol. The van der Waals surface area contributed by atoms with Gasteiger partial charge in [-0.2, -0.15) is 0 Å². The van der Waals surface area contributed by atoms with Crippen molar-refractivity contribution in [1.29, 1.82) is 0 Å². The molecule has 4 rings (SSSR count). The predicted octanol–water partition coefficient (Wildman–Crippen LogP) is 4.87. The summed E-state index contributed by atoms with van der Waals surface area (Å²) >= 11 is 1.32. The van der Waals surface area contributed by atoms with Crippen LogP contribution in [-0.2, 0) is 9.53 Å². The van der Waals surface area contributed by atoms with Crippen molar-refractivity contribution in [2.75, 3.05) is 20.8 Å². The first-order chi connectivity index (χ1) is 16.1. The lowest BCUT2D eigenvalue weighted by atomic mass is 10.1. The van der Waals surface area contributed by atoms with Crippen LogP contribution in [0.25, 0.3) is 28.0 Å². The second kappa shape index (κ2) is 9.99. The van der Waals surface area contributed by atoms with E-state index in [0.29, 0.717) is 41.2 Å². The molecule has 0 aliphatic rings. The number of aromatic amines is 1. The average Bonchev–Trinajstić information content (AvgIpc) is 3.45. The van der Waals surface area contributed by atoms with E-state index in [1.807, 2.05) is 60.2 Å². The second-order valence-electron chi connectivity index (χ2n) is 7.19. The molecular weight excluding hydrogens is 440 g/mol. The number of benzene rings is 2. The number of H-pyrrole nitrogens is 1. The molecule has 1 atom stereocenters. The molecule has 0 aliphatic carbocycles. The van der Waals surface area contributed by atoms with Gasteiger partial charge in [-0.15, -0.1) is 10.2 Å². The molecule has 0 spiro atoms. The van der Waals surface area contributed by atoms with Crippen LogP contribution in [-0.4, -0.2) is 51.8 Å². The van der Waals surface area contributed by atoms with Crippen molar-refractivity contribution in [2.24, 2.45) is 0 Å². The molecule has 172 valence electrons. The molecule has 1 N–H and O–H groups in total. The van der Waals surface area contributed by atoms with Gasteiger partial charge in [0.25, 0.3) is 0 Å². The first kappa shape index (κ1) is 22.7. The highest BCUT2D eigenvalue weighted by Gasteiger charge is 2.27. The molecule has 0 fully saturated rings. The molecule has 0 unspecified atom stereocenters. The average molecular weight is 467 g/mol. The van der Waals surface area contributed by atoms with Crippen LogP contribution < -0.4 is 9.47 Å². The van der Waals surface area contributed by atoms with Crippen LogP contribution in [0.4, 0.5) is 0 Å². The highest BCUT2D eigenvalue weighted by Crippen LogP contribution is 2.38. The van der Waals surface area contributed by atoms with Gasteiger partial charge in [-0.25, -0.2) is 0 Å². The number of esters is 1. The smallest absolute Gasteiger partial charge is 0.319 e. The van der Waals surface area contributed by atoms with E-state index in [0.717, 1.165) is 16.5 Å². The molecule has 0 radical (unpaired) electrons. The number of rotatable bonds is 9. The van der Waals surface area contributed by atoms with Gasteiger partial charge < -0.3 is 19.2 Å². The Bertz CT molecular complexity index is 1270. The number of carbonyl (C=O) groups excluding carboxylic acids is 1. The summed E-state index contributed by atoms with van der Waals surface area (Å²) in [5.74, 6) is 1.64. The third-order valence-electron chi connectivity index (χ3n) is 5.26. The van der Waals surface area contributed by atoms with Crippen molar-refractivity contribution >= 4 is 28.6 Å². The Morgan fingerprint density at radius 3 is 2.67 bits per heavy atom. The fraction of sp³-hybridized carbons (Fsp3) is 0.292. The van der Waals surface area contributed by atoms with Crippen LogP contribution in [0.15, 0.2) is 53.8 Å². The Balaban J connectivity index is 1.92. The third kappa shape index (κ3) is 4.41. The summed E-state index contributed by atoms with van der Waals surface area (Å²) in [6.07, 6.45) is 2.50. The van der Waals surface area contributed by atoms with Crippen LogP contribution in [0.3, 0.4) is 0 Å². The fourth-order valence-corrected chi connectivity index (χ4v) is 4.59.